The fourth-order valence-corrected chi connectivity index (χ4v) is 1.68. The maximum absolute atomic E-state index is 11.2. The Bertz CT molecular complexity index is 266. The van der Waals surface area contributed by atoms with Gasteiger partial charge < -0.3 is 9.47 Å². The van der Waals surface area contributed by atoms with Crippen molar-refractivity contribution in [3.63, 3.8) is 0 Å². The molecule has 106 valence electrons. The predicted molar refractivity (Wildman–Crippen MR) is 94.7 cm³/mol. The van der Waals surface area contributed by atoms with Gasteiger partial charge in [-0.3, -0.25) is 0 Å². The molecule has 0 radical (unpaired) electrons. The average molecular weight is 545 g/mol. The molecule has 0 aliphatic heterocycles. The highest BCUT2D eigenvalue weighted by atomic mass is 127. The first-order valence-corrected chi connectivity index (χ1v) is 9.02. The van der Waals surface area contributed by atoms with Crippen LogP contribution < -0.4 is 0 Å². The first-order chi connectivity index (χ1) is 8.57. The molecule has 0 rings (SSSR count). The smallest absolute Gasteiger partial charge is 0.434 e. The number of hydrogen-bond acceptors (Lipinski definition) is 3. The number of unbranched alkanes of at least 4 members (excludes halogenated alkanes) is 5. The van der Waals surface area contributed by atoms with E-state index in [0.29, 0.717) is 6.61 Å². The number of rotatable bonds is 9. The summed E-state index contributed by atoms with van der Waals surface area (Å²) in [7, 11) is 0. The quantitative estimate of drug-likeness (QED) is 0.205. The lowest BCUT2D eigenvalue weighted by Crippen LogP contribution is -2.09. The van der Waals surface area contributed by atoms with E-state index >= 15 is 0 Å². The molecular formula is C12H19BrI2O3. The van der Waals surface area contributed by atoms with Gasteiger partial charge in [-0.15, -0.1) is 0 Å². The maximum atomic E-state index is 11.2. The van der Waals surface area contributed by atoms with Crippen molar-refractivity contribution in [2.24, 2.45) is 0 Å². The molecule has 0 amide bonds. The van der Waals surface area contributed by atoms with Gasteiger partial charge >= 0.3 is 6.16 Å². The van der Waals surface area contributed by atoms with Gasteiger partial charge in [-0.1, -0.05) is 39.0 Å². The molecule has 18 heavy (non-hydrogen) atoms. The molecule has 0 aromatic carbocycles. The molecule has 0 bridgehead atoms. The van der Waals surface area contributed by atoms with E-state index in [1.54, 1.807) is 0 Å². The standard InChI is InChI=1S/C12H19BrI2O3/c1-2-3-4-5-6-7-8-17-12(16)18-9-10(14)11(13)15/h2-9H2,1H3/b11-10+. The molecular weight excluding hydrogens is 526 g/mol. The van der Waals surface area contributed by atoms with E-state index in [4.69, 9.17) is 9.47 Å². The Morgan fingerprint density at radius 3 is 2.28 bits per heavy atom. The normalized spacial score (nSPS) is 12.0. The monoisotopic (exact) mass is 544 g/mol. The molecule has 0 aliphatic rings. The van der Waals surface area contributed by atoms with E-state index in [0.717, 1.165) is 18.9 Å². The molecule has 0 saturated heterocycles. The van der Waals surface area contributed by atoms with E-state index in [1.165, 1.54) is 25.7 Å². The molecule has 0 fully saturated rings. The molecule has 3 nitrogen and oxygen atoms in total. The van der Waals surface area contributed by atoms with Gasteiger partial charge in [-0.05, 0) is 67.5 Å². The van der Waals surface area contributed by atoms with Crippen molar-refractivity contribution in [3.05, 3.63) is 6.07 Å². The summed E-state index contributed by atoms with van der Waals surface area (Å²) in [6.45, 7) is 2.92. The fraction of sp³-hybridized carbons (Fsp3) is 0.750. The molecule has 0 spiro atoms. The van der Waals surface area contributed by atoms with Gasteiger partial charge in [0.2, 0.25) is 0 Å². The molecule has 0 atom stereocenters. The zero-order chi connectivity index (χ0) is 13.8. The Morgan fingerprint density at radius 2 is 1.67 bits per heavy atom. The molecule has 0 heterocycles. The van der Waals surface area contributed by atoms with Gasteiger partial charge in [0.1, 0.15) is 6.61 Å². The van der Waals surface area contributed by atoms with Crippen LogP contribution in [-0.2, 0) is 9.47 Å². The third-order valence-corrected chi connectivity index (χ3v) is 5.99. The van der Waals surface area contributed by atoms with Gasteiger partial charge in [0.15, 0.2) is 0 Å². The molecule has 0 aliphatic carbocycles. The summed E-state index contributed by atoms with van der Waals surface area (Å²) in [4.78, 5) is 11.2. The lowest BCUT2D eigenvalue weighted by atomic mass is 10.1. The van der Waals surface area contributed by atoms with Crippen LogP contribution in [0.15, 0.2) is 6.07 Å². The lowest BCUT2D eigenvalue weighted by molar-refractivity contribution is 0.0617. The number of halogens is 3. The minimum atomic E-state index is -0.581. The van der Waals surface area contributed by atoms with Gasteiger partial charge in [0.05, 0.1) is 9.10 Å². The van der Waals surface area contributed by atoms with Gasteiger partial charge in [0, 0.05) is 3.58 Å². The van der Waals surface area contributed by atoms with Crippen LogP contribution in [0.4, 0.5) is 4.79 Å². The zero-order valence-corrected chi connectivity index (χ0v) is 16.4. The number of carbonyl (C=O) groups excluding carboxylic acids is 1. The van der Waals surface area contributed by atoms with Gasteiger partial charge in [0.25, 0.3) is 0 Å². The Hall–Kier alpha value is 0.950. The number of hydrogen-bond donors (Lipinski definition) is 0. The van der Waals surface area contributed by atoms with E-state index in [9.17, 15) is 4.79 Å². The van der Waals surface area contributed by atoms with Crippen molar-refractivity contribution in [2.45, 2.75) is 45.4 Å². The summed E-state index contributed by atoms with van der Waals surface area (Å²) in [5, 5.41) is 0. The molecule has 6 heteroatoms. The van der Waals surface area contributed by atoms with E-state index in [1.807, 2.05) is 0 Å². The molecule has 0 saturated carbocycles. The highest BCUT2D eigenvalue weighted by molar-refractivity contribution is 14.1. The second-order valence-corrected chi connectivity index (χ2v) is 8.48. The summed E-state index contributed by atoms with van der Waals surface area (Å²) < 4.78 is 11.8. The number of carbonyl (C=O) groups is 1. The van der Waals surface area contributed by atoms with Crippen LogP contribution in [0.3, 0.4) is 0 Å². The number of ether oxygens (including phenoxy) is 2. The van der Waals surface area contributed by atoms with Gasteiger partial charge in [-0.25, -0.2) is 4.79 Å². The Balaban J connectivity index is 3.41. The van der Waals surface area contributed by atoms with Crippen LogP contribution in [0, 0.1) is 0 Å². The van der Waals surface area contributed by atoms with Crippen LogP contribution >= 0.6 is 61.1 Å². The zero-order valence-electron chi connectivity index (χ0n) is 10.5. The van der Waals surface area contributed by atoms with Crippen molar-refractivity contribution >= 4 is 67.3 Å². The van der Waals surface area contributed by atoms with Crippen LogP contribution in [0.5, 0.6) is 0 Å². The molecule has 0 N–H and O–H groups in total. The minimum Gasteiger partial charge on any atom is -0.434 e. The summed E-state index contributed by atoms with van der Waals surface area (Å²) in [6.07, 6.45) is 6.48. The Morgan fingerprint density at radius 1 is 1.06 bits per heavy atom. The van der Waals surface area contributed by atoms with Crippen molar-refractivity contribution in [3.8, 4) is 0 Å². The molecule has 0 aromatic heterocycles. The first-order valence-electron chi connectivity index (χ1n) is 6.07. The van der Waals surface area contributed by atoms with Crippen LogP contribution in [-0.4, -0.2) is 19.4 Å². The Kier molecular flexibility index (Phi) is 13.6. The van der Waals surface area contributed by atoms with Crippen LogP contribution in [0.2, 0.25) is 0 Å². The van der Waals surface area contributed by atoms with E-state index in [-0.39, 0.29) is 6.61 Å². The minimum absolute atomic E-state index is 0.263. The third kappa shape index (κ3) is 12.0. The summed E-state index contributed by atoms with van der Waals surface area (Å²) in [5.41, 5.74) is 0. The van der Waals surface area contributed by atoms with Crippen molar-refractivity contribution in [1.29, 1.82) is 0 Å². The third-order valence-electron chi connectivity index (χ3n) is 2.24. The largest absolute Gasteiger partial charge is 0.508 e. The molecule has 0 aromatic rings. The van der Waals surface area contributed by atoms with Crippen molar-refractivity contribution in [2.75, 3.05) is 13.2 Å². The lowest BCUT2D eigenvalue weighted by Gasteiger charge is -2.06. The fourth-order valence-electron chi connectivity index (χ4n) is 1.26. The summed E-state index contributed by atoms with van der Waals surface area (Å²) >= 11 is 7.55. The van der Waals surface area contributed by atoms with Gasteiger partial charge in [-0.2, -0.15) is 0 Å². The average Bonchev–Trinajstić information content (AvgIpc) is 2.34. The second-order valence-electron chi connectivity index (χ2n) is 3.82. The highest BCUT2D eigenvalue weighted by Gasteiger charge is 2.05. The van der Waals surface area contributed by atoms with Crippen LogP contribution in [0.25, 0.3) is 0 Å². The Labute approximate surface area is 145 Å². The van der Waals surface area contributed by atoms with Crippen molar-refractivity contribution < 1.29 is 14.3 Å². The van der Waals surface area contributed by atoms with E-state index < -0.39 is 6.16 Å². The second kappa shape index (κ2) is 13.0. The molecule has 0 unspecified atom stereocenters. The summed E-state index contributed by atoms with van der Waals surface area (Å²) in [6, 6.07) is 0. The topological polar surface area (TPSA) is 35.5 Å². The van der Waals surface area contributed by atoms with E-state index in [2.05, 4.69) is 68.0 Å². The summed E-state index contributed by atoms with van der Waals surface area (Å²) in [5.74, 6) is 0. The highest BCUT2D eigenvalue weighted by Crippen LogP contribution is 2.24. The predicted octanol–water partition coefficient (Wildman–Crippen LogP) is 5.93. The first kappa shape index (κ1) is 18.9. The van der Waals surface area contributed by atoms with Crippen LogP contribution in [0.1, 0.15) is 45.4 Å². The van der Waals surface area contributed by atoms with Crippen molar-refractivity contribution in [1.82, 2.24) is 0 Å². The maximum Gasteiger partial charge on any atom is 0.508 e. The SMILES string of the molecule is CCCCCCCCOC(=O)OC/C(I)=C(/Br)I.